The molecule has 2 fully saturated rings. The molecule has 270 valence electrons. The summed E-state index contributed by atoms with van der Waals surface area (Å²) in [5.74, 6) is 2.95. The molecule has 0 amide bonds. The third-order valence-electron chi connectivity index (χ3n) is 8.82. The topological polar surface area (TPSA) is 38.6 Å². The van der Waals surface area contributed by atoms with Gasteiger partial charge in [-0.3, -0.25) is 0 Å². The fourth-order valence-corrected chi connectivity index (χ4v) is 6.18. The fraction of sp³-hybridized carbons (Fsp3) is 0.488. The summed E-state index contributed by atoms with van der Waals surface area (Å²) in [7, 11) is 6.55. The molecule has 49 heavy (non-hydrogen) atoms. The Morgan fingerprint density at radius 1 is 0.531 bits per heavy atom. The van der Waals surface area contributed by atoms with Crippen LogP contribution < -0.4 is 0 Å². The highest BCUT2D eigenvalue weighted by molar-refractivity contribution is 7.11. The van der Waals surface area contributed by atoms with Crippen molar-refractivity contribution in [2.75, 3.05) is 60.4 Å². The van der Waals surface area contributed by atoms with E-state index in [1.165, 1.54) is 95.2 Å². The summed E-state index contributed by atoms with van der Waals surface area (Å²) in [6.45, 7) is 26.4. The first kappa shape index (κ1) is 42.0. The second-order valence-corrected chi connectivity index (χ2v) is 15.5. The van der Waals surface area contributed by atoms with E-state index in [2.05, 4.69) is 136 Å². The molecule has 1 N–H and O–H groups in total. The van der Waals surface area contributed by atoms with Gasteiger partial charge in [0, 0.05) is 47.3 Å². The van der Waals surface area contributed by atoms with Gasteiger partial charge in [-0.05, 0) is 167 Å². The number of likely N-dealkylation sites (tertiary alicyclic amines) is 1. The van der Waals surface area contributed by atoms with Crippen LogP contribution in [0.4, 0.5) is 0 Å². The van der Waals surface area contributed by atoms with E-state index >= 15 is 0 Å². The summed E-state index contributed by atoms with van der Waals surface area (Å²) >= 11 is 1.84. The van der Waals surface area contributed by atoms with Crippen LogP contribution >= 0.6 is 11.3 Å². The Bertz CT molecular complexity index is 1360. The summed E-state index contributed by atoms with van der Waals surface area (Å²) < 4.78 is 5.08. The average Bonchev–Trinajstić information content (AvgIpc) is 3.78. The van der Waals surface area contributed by atoms with E-state index < -0.39 is 0 Å². The summed E-state index contributed by atoms with van der Waals surface area (Å²) in [4.78, 5) is 13.1. The Labute approximate surface area is 303 Å². The summed E-state index contributed by atoms with van der Waals surface area (Å²) in [6.07, 6.45) is 2.80. The van der Waals surface area contributed by atoms with Crippen LogP contribution in [0.3, 0.4) is 0 Å². The Morgan fingerprint density at radius 3 is 1.18 bits per heavy atom. The highest BCUT2D eigenvalue weighted by Crippen LogP contribution is 2.21. The number of fused-ring (bicyclic) bond motifs is 1. The lowest BCUT2D eigenvalue weighted by Crippen LogP contribution is -2.42. The van der Waals surface area contributed by atoms with Gasteiger partial charge >= 0.3 is 0 Å². The zero-order valence-electron chi connectivity index (χ0n) is 32.8. The van der Waals surface area contributed by atoms with Crippen molar-refractivity contribution in [1.82, 2.24) is 19.7 Å². The molecule has 0 unspecified atom stereocenters. The lowest BCUT2D eigenvalue weighted by atomic mass is 10.00. The minimum atomic E-state index is 0.978. The second kappa shape index (κ2) is 22.5. The first-order chi connectivity index (χ1) is 23.2. The van der Waals surface area contributed by atoms with Crippen molar-refractivity contribution >= 4 is 22.1 Å². The molecule has 0 saturated carbocycles. The Balaban J connectivity index is 0.000000207. The van der Waals surface area contributed by atoms with Gasteiger partial charge in [0.05, 0.1) is 0 Å². The van der Waals surface area contributed by atoms with E-state index in [9.17, 15) is 0 Å². The van der Waals surface area contributed by atoms with Gasteiger partial charge in [0.15, 0.2) is 0 Å². The highest BCUT2D eigenvalue weighted by atomic mass is 32.1. The summed E-state index contributed by atoms with van der Waals surface area (Å²) in [5, 5.41) is 2.75. The van der Waals surface area contributed by atoms with Crippen molar-refractivity contribution in [3.63, 3.8) is 0 Å². The maximum Gasteiger partial charge on any atom is 0.101 e. The molecule has 7 rings (SSSR count). The van der Waals surface area contributed by atoms with Crippen molar-refractivity contribution in [3.8, 4) is 0 Å². The van der Waals surface area contributed by atoms with Crippen molar-refractivity contribution in [2.24, 2.45) is 5.92 Å². The molecule has 2 aliphatic rings. The van der Waals surface area contributed by atoms with Crippen LogP contribution in [0.15, 0.2) is 77.2 Å². The van der Waals surface area contributed by atoms with Crippen molar-refractivity contribution in [2.45, 2.75) is 75.2 Å². The number of piperazine rings is 1. The smallest absolute Gasteiger partial charge is 0.101 e. The molecule has 3 aromatic heterocycles. The van der Waals surface area contributed by atoms with E-state index in [1.807, 2.05) is 51.2 Å². The number of likely N-dealkylation sites (N-methyl/N-ethyl adjacent to an activating group) is 2. The summed E-state index contributed by atoms with van der Waals surface area (Å²) in [6, 6.07) is 25.2. The van der Waals surface area contributed by atoms with Crippen molar-refractivity contribution < 1.29 is 4.42 Å². The van der Waals surface area contributed by atoms with Crippen LogP contribution in [0.5, 0.6) is 0 Å². The van der Waals surface area contributed by atoms with Crippen LogP contribution in [-0.2, 0) is 0 Å². The second-order valence-electron chi connectivity index (χ2n) is 14.0. The predicted octanol–water partition coefficient (Wildman–Crippen LogP) is 10.6. The normalized spacial score (nSPS) is 15.2. The number of aryl methyl sites for hydroxylation is 8. The predicted molar refractivity (Wildman–Crippen MR) is 217 cm³/mol. The maximum atomic E-state index is 5.08. The van der Waals surface area contributed by atoms with Gasteiger partial charge in [-0.25, -0.2) is 0 Å². The molecular weight excluding hydrogens is 621 g/mol. The maximum absolute atomic E-state index is 5.08. The van der Waals surface area contributed by atoms with Gasteiger partial charge in [-0.15, -0.1) is 11.3 Å². The van der Waals surface area contributed by atoms with Gasteiger partial charge in [0.2, 0.25) is 0 Å². The molecule has 0 aliphatic carbocycles. The quantitative estimate of drug-likeness (QED) is 0.176. The van der Waals surface area contributed by atoms with Crippen molar-refractivity contribution in [3.05, 3.63) is 117 Å². The first-order valence-electron chi connectivity index (χ1n) is 17.9. The number of thiophene rings is 1. The SMILES string of the molecule is CC1CCN(C)CC1.CN1CCN(C)CC1.Cc1ccc(C)[nH]1.Cc1ccc(C)c2ccccc12.Cc1ccc(C)o1.Cc1ccc(C)s1. The third-order valence-corrected chi connectivity index (χ3v) is 9.74. The van der Waals surface area contributed by atoms with Crippen molar-refractivity contribution in [1.29, 1.82) is 0 Å². The molecule has 6 heteroatoms. The van der Waals surface area contributed by atoms with Crippen LogP contribution in [0.2, 0.25) is 0 Å². The van der Waals surface area contributed by atoms with Gasteiger partial charge in [0.1, 0.15) is 11.5 Å². The number of piperidine rings is 1. The van der Waals surface area contributed by atoms with Gasteiger partial charge in [-0.1, -0.05) is 43.3 Å². The van der Waals surface area contributed by atoms with E-state index in [-0.39, 0.29) is 0 Å². The number of H-pyrrole nitrogens is 1. The van der Waals surface area contributed by atoms with E-state index in [4.69, 9.17) is 4.42 Å². The molecule has 0 bridgehead atoms. The lowest BCUT2D eigenvalue weighted by Gasteiger charge is -2.28. The number of aromatic amines is 1. The Morgan fingerprint density at radius 2 is 0.918 bits per heavy atom. The molecule has 5 nitrogen and oxygen atoms in total. The minimum Gasteiger partial charge on any atom is -0.467 e. The third kappa shape index (κ3) is 17.9. The Kier molecular flexibility index (Phi) is 19.3. The number of nitrogens with one attached hydrogen (secondary N) is 1. The molecular formula is C43H66N4OS. The van der Waals surface area contributed by atoms with E-state index in [0.29, 0.717) is 0 Å². The zero-order valence-corrected chi connectivity index (χ0v) is 33.6. The molecule has 0 spiro atoms. The fourth-order valence-electron chi connectivity index (χ4n) is 5.40. The summed E-state index contributed by atoms with van der Waals surface area (Å²) in [5.41, 5.74) is 5.18. The monoisotopic (exact) mass is 686 g/mol. The number of furan rings is 1. The molecule has 2 aliphatic heterocycles. The Hall–Kier alpha value is -3.16. The molecule has 2 aromatic carbocycles. The molecule has 5 aromatic rings. The number of hydrogen-bond acceptors (Lipinski definition) is 5. The zero-order chi connectivity index (χ0) is 36.3. The van der Waals surface area contributed by atoms with E-state index in [0.717, 1.165) is 17.4 Å². The number of nitrogens with zero attached hydrogens (tertiary/aromatic N) is 3. The van der Waals surface area contributed by atoms with Gasteiger partial charge in [0.25, 0.3) is 0 Å². The molecule has 5 heterocycles. The van der Waals surface area contributed by atoms with Crippen LogP contribution in [0.25, 0.3) is 10.8 Å². The number of rotatable bonds is 0. The highest BCUT2D eigenvalue weighted by Gasteiger charge is 2.11. The largest absolute Gasteiger partial charge is 0.467 e. The first-order valence-corrected chi connectivity index (χ1v) is 18.7. The van der Waals surface area contributed by atoms with Crippen LogP contribution in [-0.4, -0.2) is 80.1 Å². The standard InChI is InChI=1S/C12H12.C7H15N.C6H14N2.C6H9N.C6H8O.C6H8S/c1-9-7-8-10(2)12-6-4-3-5-11(9)12;2*1-7-3-5-8(2)6-4-7;3*1-5-3-4-6(2)7-5/h3-8H,1-2H3;7H,3-6H2,1-2H3;3-6H2,1-2H3;3-4,7H,1-2H3;2*3-4H,1-2H3. The minimum absolute atomic E-state index is 0.978. The van der Waals surface area contributed by atoms with Gasteiger partial charge < -0.3 is 24.1 Å². The lowest BCUT2D eigenvalue weighted by molar-refractivity contribution is 0.181. The molecule has 2 saturated heterocycles. The van der Waals surface area contributed by atoms with Crippen LogP contribution in [0.1, 0.15) is 63.6 Å². The van der Waals surface area contributed by atoms with E-state index in [1.54, 1.807) is 0 Å². The average molecular weight is 687 g/mol. The number of benzene rings is 2. The van der Waals surface area contributed by atoms with Crippen LogP contribution in [0, 0.1) is 61.3 Å². The number of hydrogen-bond donors (Lipinski definition) is 1. The van der Waals surface area contributed by atoms with Gasteiger partial charge in [-0.2, -0.15) is 0 Å². The number of aromatic nitrogens is 1. The molecule has 0 atom stereocenters. The molecule has 0 radical (unpaired) electrons.